The molecule has 0 amide bonds. The quantitative estimate of drug-likeness (QED) is 0.328. The summed E-state index contributed by atoms with van der Waals surface area (Å²) in [6.45, 7) is 0. The van der Waals surface area contributed by atoms with Crippen LogP contribution in [0.15, 0.2) is 0 Å². The summed E-state index contributed by atoms with van der Waals surface area (Å²) in [5.74, 6) is 0. The van der Waals surface area contributed by atoms with Crippen molar-refractivity contribution in [3.8, 4) is 0 Å². The van der Waals surface area contributed by atoms with Crippen molar-refractivity contribution in [3.63, 3.8) is 0 Å². The highest BCUT2D eigenvalue weighted by atomic mass is 13.0. The van der Waals surface area contributed by atoms with E-state index in [2.05, 4.69) is 0 Å². The highest BCUT2D eigenvalue weighted by molar-refractivity contribution is 7.98. The second-order valence-electron chi connectivity index (χ2n) is 2.69. The molecule has 0 N–H and O–H groups in total. The normalized spacial score (nSPS) is 8.33. The van der Waals surface area contributed by atoms with Crippen LogP contribution in [0.4, 0.5) is 0 Å². The molecule has 0 aromatic carbocycles. The summed E-state index contributed by atoms with van der Waals surface area (Å²) in [5.41, 5.74) is 0. The lowest BCUT2D eigenvalue weighted by atomic mass is 8.59. The molecule has 0 aliphatic heterocycles. The highest BCUT2D eigenvalue weighted by Gasteiger charge is 2.23. The molecule has 0 aromatic heterocycles. The van der Waals surface area contributed by atoms with Crippen LogP contribution < -0.4 is 0 Å². The van der Waals surface area contributed by atoms with Gasteiger partial charge in [-0.25, -0.2) is 0 Å². The molecule has 12 heavy (non-hydrogen) atoms. The van der Waals surface area contributed by atoms with Crippen LogP contribution in [0.1, 0.15) is 0 Å². The smallest absolute Gasteiger partial charge is 0 e. The topological polar surface area (TPSA) is 0 Å². The summed E-state index contributed by atoms with van der Waals surface area (Å²) in [6.07, 6.45) is -1.95. The molecule has 0 aliphatic carbocycles. The molecule has 0 bridgehead atoms. The van der Waals surface area contributed by atoms with Crippen molar-refractivity contribution in [1.82, 2.24) is 0 Å². The molecule has 36 valence electrons. The predicted molar refractivity (Wildman–Crippen MR) is 69.0 cm³/mol. The van der Waals surface area contributed by atoms with E-state index in [9.17, 15) is 0 Å². The largest absolute Gasteiger partial charge is 0 e. The van der Waals surface area contributed by atoms with Crippen molar-refractivity contribution >= 4 is 86.1 Å². The molecule has 0 spiro atoms. The fourth-order valence-corrected chi connectivity index (χ4v) is 0.834. The molecule has 0 unspecified atom stereocenters. The van der Waals surface area contributed by atoms with Gasteiger partial charge in [0.05, 0.1) is 0 Å². The highest BCUT2D eigenvalue weighted by Crippen LogP contribution is 1.85. The molecule has 0 atom stereocenters. The van der Waals surface area contributed by atoms with Gasteiger partial charge >= 0.3 is 0 Å². The van der Waals surface area contributed by atoms with Gasteiger partial charge in [-0.05, 0) is 0 Å². The third-order valence-electron chi connectivity index (χ3n) is 1.56. The summed E-state index contributed by atoms with van der Waals surface area (Å²) in [6, 6.07) is 0. The lowest BCUT2D eigenvalue weighted by molar-refractivity contribution is 3.53. The molecule has 12 heteroatoms. The minimum Gasteiger partial charge on any atom is 0 e. The summed E-state index contributed by atoms with van der Waals surface area (Å²) in [7, 11) is 35.3. The van der Waals surface area contributed by atoms with Crippen LogP contribution >= 0.6 is 0 Å². The molecular formula is B12. The monoisotopic (exact) mass is 132 g/mol. The Morgan fingerprint density at radius 1 is 0.833 bits per heavy atom. The summed E-state index contributed by atoms with van der Waals surface area (Å²) in [4.78, 5) is 0. The van der Waals surface area contributed by atoms with Gasteiger partial charge in [0.15, 0.2) is 0 Å². The Morgan fingerprint density at radius 2 is 1.25 bits per heavy atom. The van der Waals surface area contributed by atoms with E-state index in [1.165, 1.54) is 7.06 Å². The van der Waals surface area contributed by atoms with Crippen molar-refractivity contribution in [3.05, 3.63) is 0 Å². The fraction of sp³-hybridized carbons (Fsp3) is 0. The first-order chi connectivity index (χ1) is 5.49. The standard InChI is InChI=1S/B12/c1-7-11(6)8-12(9(2)3)10(4)5. The lowest BCUT2D eigenvalue weighted by Crippen LogP contribution is -2.60. The minimum absolute atomic E-state index is 0.334. The maximum absolute atomic E-state index is 5.49. The maximum atomic E-state index is 5.49. The van der Waals surface area contributed by atoms with Crippen molar-refractivity contribution in [2.75, 3.05) is 0 Å². The van der Waals surface area contributed by atoms with E-state index in [4.69, 9.17) is 46.4 Å². The molecule has 0 fully saturated rings. The van der Waals surface area contributed by atoms with Gasteiger partial charge in [0.25, 0.3) is 0 Å². The van der Waals surface area contributed by atoms with Crippen LogP contribution in [0.5, 0.6) is 0 Å². The molecule has 0 aliphatic rings. The molecule has 14 radical (unpaired) electrons. The Hall–Kier alpha value is 0.779. The number of rotatable bonds is 5. The zero-order valence-electron chi connectivity index (χ0n) is 6.93. The van der Waals surface area contributed by atoms with Crippen molar-refractivity contribution in [2.45, 2.75) is 0 Å². The van der Waals surface area contributed by atoms with Gasteiger partial charge < -0.3 is 0 Å². The predicted octanol–water partition coefficient (Wildman–Crippen LogP) is -4.57. The van der Waals surface area contributed by atoms with Gasteiger partial charge in [-0.3, -0.25) is 0 Å². The van der Waals surface area contributed by atoms with E-state index in [0.29, 0.717) is 0 Å². The summed E-state index contributed by atoms with van der Waals surface area (Å²) < 4.78 is 0. The van der Waals surface area contributed by atoms with Crippen LogP contribution in [0.25, 0.3) is 0 Å². The second kappa shape index (κ2) is 6.27. The Balaban J connectivity index is 3.95. The molecule has 0 saturated heterocycles. The van der Waals surface area contributed by atoms with Crippen LogP contribution in [0, 0.1) is 0 Å². The van der Waals surface area contributed by atoms with E-state index in [-0.39, 0.29) is 12.8 Å². The average Bonchev–Trinajstić information content (AvgIpc) is 1.98. The van der Waals surface area contributed by atoms with Crippen LogP contribution in [-0.4, -0.2) is 86.1 Å². The van der Waals surface area contributed by atoms with E-state index < -0.39 is 12.8 Å². The van der Waals surface area contributed by atoms with Crippen molar-refractivity contribution in [1.29, 1.82) is 0 Å². The molecule has 0 aromatic rings. The van der Waals surface area contributed by atoms with Gasteiger partial charge in [0, 0.05) is 86.1 Å². The molecule has 0 nitrogen and oxygen atoms in total. The third-order valence-corrected chi connectivity index (χ3v) is 1.56. The van der Waals surface area contributed by atoms with Crippen LogP contribution in [-0.2, 0) is 0 Å². The number of hydrogen-bond donors (Lipinski definition) is 0. The van der Waals surface area contributed by atoms with Crippen molar-refractivity contribution in [2.24, 2.45) is 0 Å². The first-order valence-corrected chi connectivity index (χ1v) is 3.67. The van der Waals surface area contributed by atoms with E-state index >= 15 is 0 Å². The van der Waals surface area contributed by atoms with Crippen LogP contribution in [0.2, 0.25) is 0 Å². The third kappa shape index (κ3) is 4.72. The molecule has 0 saturated carbocycles. The molecule has 0 heterocycles. The summed E-state index contributed by atoms with van der Waals surface area (Å²) in [5, 5.41) is 0. The zero-order chi connectivity index (χ0) is 9.72. The second-order valence-corrected chi connectivity index (χ2v) is 2.69. The van der Waals surface area contributed by atoms with Gasteiger partial charge in [0.2, 0.25) is 0 Å². The number of hydrogen-bond acceptors (Lipinski definition) is 0. The summed E-state index contributed by atoms with van der Waals surface area (Å²) >= 11 is 0. The minimum atomic E-state index is -0.615. The Labute approximate surface area is 86.4 Å². The zero-order valence-corrected chi connectivity index (χ0v) is 6.93. The lowest BCUT2D eigenvalue weighted by Gasteiger charge is -2.22. The van der Waals surface area contributed by atoms with Gasteiger partial charge in [-0.1, -0.05) is 0 Å². The molecule has 0 rings (SSSR count). The maximum Gasteiger partial charge on any atom is 0 e. The fourth-order valence-electron chi connectivity index (χ4n) is 0.834. The molecular weight excluding hydrogens is 130 g/mol. The van der Waals surface area contributed by atoms with Crippen molar-refractivity contribution < 1.29 is 0 Å². The van der Waals surface area contributed by atoms with E-state index in [0.717, 1.165) is 0 Å². The van der Waals surface area contributed by atoms with Gasteiger partial charge in [-0.2, -0.15) is 0 Å². The average molecular weight is 130 g/mol. The Morgan fingerprint density at radius 3 is 1.50 bits per heavy atom. The Kier molecular flexibility index (Phi) is 6.67. The van der Waals surface area contributed by atoms with E-state index in [1.54, 1.807) is 7.06 Å². The first kappa shape index (κ1) is 12.8. The van der Waals surface area contributed by atoms with Crippen LogP contribution in [0.3, 0.4) is 0 Å². The first-order valence-electron chi connectivity index (χ1n) is 3.67. The van der Waals surface area contributed by atoms with Gasteiger partial charge in [-0.15, -0.1) is 0 Å². The van der Waals surface area contributed by atoms with E-state index in [1.807, 2.05) is 0 Å². The Bertz CT molecular complexity index is 94.6. The SMILES string of the molecule is [B][B]B([B])[B]B(B([B])[B])B([B])[B]. The van der Waals surface area contributed by atoms with Gasteiger partial charge in [0.1, 0.15) is 0 Å².